The lowest BCUT2D eigenvalue weighted by atomic mass is 10.1. The average molecular weight is 456 g/mol. The van der Waals surface area contributed by atoms with Gasteiger partial charge >= 0.3 is 6.03 Å². The van der Waals surface area contributed by atoms with Crippen LogP contribution in [0, 0.1) is 0 Å². The van der Waals surface area contributed by atoms with Crippen LogP contribution in [0.15, 0.2) is 48.5 Å². The Kier molecular flexibility index (Phi) is 6.48. The van der Waals surface area contributed by atoms with Crippen LogP contribution in [-0.2, 0) is 6.42 Å². The zero-order valence-corrected chi connectivity index (χ0v) is 18.5. The predicted molar refractivity (Wildman–Crippen MR) is 123 cm³/mol. The smallest absolute Gasteiger partial charge is 0.320 e. The first-order valence-electron chi connectivity index (χ1n) is 10.1. The molecule has 3 amide bonds. The van der Waals surface area contributed by atoms with E-state index in [1.165, 1.54) is 11.3 Å². The van der Waals surface area contributed by atoms with Crippen molar-refractivity contribution in [3.8, 4) is 0 Å². The number of amides is 3. The van der Waals surface area contributed by atoms with Crippen molar-refractivity contribution in [1.29, 1.82) is 0 Å². The summed E-state index contributed by atoms with van der Waals surface area (Å²) in [5.74, 6) is -0.336. The molecule has 1 saturated heterocycles. The molecule has 1 aliphatic rings. The molecule has 1 aromatic heterocycles. The summed E-state index contributed by atoms with van der Waals surface area (Å²) in [5.41, 5.74) is 2.53. The van der Waals surface area contributed by atoms with Gasteiger partial charge in [-0.3, -0.25) is 4.79 Å². The number of benzene rings is 2. The zero-order chi connectivity index (χ0) is 21.8. The molecule has 0 aliphatic carbocycles. The molecule has 2 heterocycles. The van der Waals surface area contributed by atoms with Crippen LogP contribution in [0.5, 0.6) is 0 Å². The van der Waals surface area contributed by atoms with Crippen LogP contribution >= 0.6 is 22.9 Å². The standard InChI is InChI=1S/C22H22ClN5O2S/c1-2-14-6-3-4-7-17(14)25-22(30)28-13-5-8-18(28)20-26-27-21(31-20)19(29)24-16-11-9-15(23)10-12-16/h3-4,6-7,9-12,18H,2,5,8,13H2,1H3,(H,24,29)(H,25,30)/t18-/m0/s1. The molecular formula is C22H22ClN5O2S. The quantitative estimate of drug-likeness (QED) is 0.541. The number of carbonyl (C=O) groups excluding carboxylic acids is 2. The Morgan fingerprint density at radius 2 is 1.90 bits per heavy atom. The third-order valence-corrected chi connectivity index (χ3v) is 6.45. The average Bonchev–Trinajstić information content (AvgIpc) is 3.45. The van der Waals surface area contributed by atoms with Crippen LogP contribution in [0.4, 0.5) is 16.2 Å². The van der Waals surface area contributed by atoms with Crippen LogP contribution in [0.2, 0.25) is 5.02 Å². The molecule has 2 aromatic carbocycles. The maximum Gasteiger partial charge on any atom is 0.322 e. The second kappa shape index (κ2) is 9.45. The van der Waals surface area contributed by atoms with Crippen molar-refractivity contribution in [3.63, 3.8) is 0 Å². The van der Waals surface area contributed by atoms with Gasteiger partial charge in [-0.2, -0.15) is 0 Å². The number of urea groups is 1. The zero-order valence-electron chi connectivity index (χ0n) is 17.0. The Hall–Kier alpha value is -2.97. The largest absolute Gasteiger partial charge is 0.322 e. The number of aryl methyl sites for hydroxylation is 1. The lowest BCUT2D eigenvalue weighted by molar-refractivity contribution is 0.102. The summed E-state index contributed by atoms with van der Waals surface area (Å²) in [7, 11) is 0. The van der Waals surface area contributed by atoms with Crippen molar-refractivity contribution in [1.82, 2.24) is 15.1 Å². The Morgan fingerprint density at radius 1 is 1.13 bits per heavy atom. The highest BCUT2D eigenvalue weighted by atomic mass is 35.5. The fourth-order valence-electron chi connectivity index (χ4n) is 3.58. The van der Waals surface area contributed by atoms with E-state index < -0.39 is 0 Å². The molecule has 0 spiro atoms. The molecule has 31 heavy (non-hydrogen) atoms. The third kappa shape index (κ3) is 4.86. The van der Waals surface area contributed by atoms with Gasteiger partial charge in [0.25, 0.3) is 5.91 Å². The number of hydrogen-bond acceptors (Lipinski definition) is 5. The Bertz CT molecular complexity index is 1090. The second-order valence-electron chi connectivity index (χ2n) is 7.20. The van der Waals surface area contributed by atoms with E-state index in [4.69, 9.17) is 11.6 Å². The third-order valence-electron chi connectivity index (χ3n) is 5.18. The maximum absolute atomic E-state index is 13.0. The van der Waals surface area contributed by atoms with Gasteiger partial charge in [0, 0.05) is 22.9 Å². The van der Waals surface area contributed by atoms with E-state index in [9.17, 15) is 9.59 Å². The molecular weight excluding hydrogens is 434 g/mol. The van der Waals surface area contributed by atoms with Gasteiger partial charge in [0.2, 0.25) is 5.01 Å². The Morgan fingerprint density at radius 3 is 2.68 bits per heavy atom. The first-order chi connectivity index (χ1) is 15.0. The predicted octanol–water partition coefficient (Wildman–Crippen LogP) is 5.38. The highest BCUT2D eigenvalue weighted by Gasteiger charge is 2.33. The fraction of sp³-hybridized carbons (Fsp3) is 0.273. The van der Waals surface area contributed by atoms with Crippen LogP contribution in [-0.4, -0.2) is 33.6 Å². The highest BCUT2D eigenvalue weighted by Crippen LogP contribution is 2.34. The van der Waals surface area contributed by atoms with Gasteiger partial charge in [-0.25, -0.2) is 4.79 Å². The number of para-hydroxylation sites is 1. The maximum atomic E-state index is 13.0. The van der Waals surface area contributed by atoms with Crippen LogP contribution in [0.1, 0.15) is 46.2 Å². The number of rotatable bonds is 5. The van der Waals surface area contributed by atoms with E-state index >= 15 is 0 Å². The summed E-state index contributed by atoms with van der Waals surface area (Å²) in [6.07, 6.45) is 2.50. The van der Waals surface area contributed by atoms with Gasteiger partial charge < -0.3 is 15.5 Å². The number of carbonyl (C=O) groups is 2. The molecule has 4 rings (SSSR count). The van der Waals surface area contributed by atoms with E-state index in [1.54, 1.807) is 29.2 Å². The minimum absolute atomic E-state index is 0.161. The van der Waals surface area contributed by atoms with Crippen molar-refractivity contribution < 1.29 is 9.59 Å². The van der Waals surface area contributed by atoms with Crippen molar-refractivity contribution >= 4 is 46.3 Å². The molecule has 7 nitrogen and oxygen atoms in total. The summed E-state index contributed by atoms with van der Waals surface area (Å²) < 4.78 is 0. The summed E-state index contributed by atoms with van der Waals surface area (Å²) in [6, 6.07) is 14.3. The number of aromatic nitrogens is 2. The van der Waals surface area contributed by atoms with Gasteiger partial charge in [-0.15, -0.1) is 10.2 Å². The van der Waals surface area contributed by atoms with Crippen LogP contribution in [0.3, 0.4) is 0 Å². The van der Waals surface area contributed by atoms with Crippen molar-refractivity contribution in [2.24, 2.45) is 0 Å². The fourth-order valence-corrected chi connectivity index (χ4v) is 4.60. The van der Waals surface area contributed by atoms with Crippen molar-refractivity contribution in [2.75, 3.05) is 17.2 Å². The molecule has 0 radical (unpaired) electrons. The van der Waals surface area contributed by atoms with E-state index in [2.05, 4.69) is 27.8 Å². The Balaban J connectivity index is 1.45. The summed E-state index contributed by atoms with van der Waals surface area (Å²) >= 11 is 7.09. The minimum atomic E-state index is -0.336. The summed E-state index contributed by atoms with van der Waals surface area (Å²) in [6.45, 7) is 2.69. The molecule has 0 unspecified atom stereocenters. The monoisotopic (exact) mass is 455 g/mol. The van der Waals surface area contributed by atoms with E-state index in [0.29, 0.717) is 22.3 Å². The molecule has 0 saturated carbocycles. The van der Waals surface area contributed by atoms with Gasteiger partial charge in [-0.1, -0.05) is 48.1 Å². The van der Waals surface area contributed by atoms with Gasteiger partial charge in [0.15, 0.2) is 0 Å². The normalized spacial score (nSPS) is 15.7. The first-order valence-corrected chi connectivity index (χ1v) is 11.3. The molecule has 160 valence electrons. The van der Waals surface area contributed by atoms with E-state index in [0.717, 1.165) is 30.5 Å². The Labute approximate surface area is 189 Å². The molecule has 3 aromatic rings. The molecule has 2 N–H and O–H groups in total. The number of halogens is 1. The number of nitrogens with zero attached hydrogens (tertiary/aromatic N) is 3. The number of likely N-dealkylation sites (tertiary alicyclic amines) is 1. The number of hydrogen-bond donors (Lipinski definition) is 2. The van der Waals surface area contributed by atoms with Crippen molar-refractivity contribution in [3.05, 3.63) is 69.1 Å². The summed E-state index contributed by atoms with van der Waals surface area (Å²) in [5, 5.41) is 15.6. The summed E-state index contributed by atoms with van der Waals surface area (Å²) in [4.78, 5) is 27.3. The lowest BCUT2D eigenvalue weighted by Crippen LogP contribution is -2.34. The SMILES string of the molecule is CCc1ccccc1NC(=O)N1CCC[C@H]1c1nnc(C(=O)Nc2ccc(Cl)cc2)s1. The molecule has 9 heteroatoms. The topological polar surface area (TPSA) is 87.2 Å². The van der Waals surface area contributed by atoms with E-state index in [-0.39, 0.29) is 23.0 Å². The molecule has 0 bridgehead atoms. The van der Waals surface area contributed by atoms with E-state index in [1.807, 2.05) is 24.3 Å². The second-order valence-corrected chi connectivity index (χ2v) is 8.64. The van der Waals surface area contributed by atoms with Gasteiger partial charge in [0.1, 0.15) is 5.01 Å². The molecule has 1 aliphatic heterocycles. The van der Waals surface area contributed by atoms with Crippen molar-refractivity contribution in [2.45, 2.75) is 32.2 Å². The number of anilines is 2. The van der Waals surface area contributed by atoms with Crippen LogP contribution in [0.25, 0.3) is 0 Å². The molecule has 1 atom stereocenters. The molecule has 1 fully saturated rings. The highest BCUT2D eigenvalue weighted by molar-refractivity contribution is 7.13. The van der Waals surface area contributed by atoms with Crippen LogP contribution < -0.4 is 10.6 Å². The van der Waals surface area contributed by atoms with Gasteiger partial charge in [-0.05, 0) is 55.2 Å². The minimum Gasteiger partial charge on any atom is -0.320 e. The van der Waals surface area contributed by atoms with Gasteiger partial charge in [0.05, 0.1) is 6.04 Å². The first kappa shape index (κ1) is 21.3. The lowest BCUT2D eigenvalue weighted by Gasteiger charge is -2.23. The number of nitrogens with one attached hydrogen (secondary N) is 2.